The Kier molecular flexibility index (Phi) is 5.49. The second-order valence-electron chi connectivity index (χ2n) is 3.30. The fraction of sp³-hybridized carbons (Fsp3) is 0.364. The van der Waals surface area contributed by atoms with Crippen LogP contribution in [-0.4, -0.2) is 21.7 Å². The van der Waals surface area contributed by atoms with Crippen LogP contribution in [-0.2, 0) is 15.6 Å². The normalized spacial score (nSPS) is 12.1. The van der Waals surface area contributed by atoms with Gasteiger partial charge in [-0.3, -0.25) is 9.00 Å². The van der Waals surface area contributed by atoms with E-state index in [2.05, 4.69) is 5.32 Å². The summed E-state index contributed by atoms with van der Waals surface area (Å²) in [6.45, 7) is 1.45. The van der Waals surface area contributed by atoms with Crippen molar-refractivity contribution in [2.45, 2.75) is 18.2 Å². The minimum Gasteiger partial charge on any atom is -0.326 e. The van der Waals surface area contributed by atoms with Crippen LogP contribution in [0.3, 0.4) is 0 Å². The van der Waals surface area contributed by atoms with E-state index in [1.807, 2.05) is 0 Å². The average molecular weight is 260 g/mol. The van der Waals surface area contributed by atoms with Gasteiger partial charge in [0.05, 0.1) is 10.8 Å². The van der Waals surface area contributed by atoms with Crippen LogP contribution < -0.4 is 5.32 Å². The number of halogens is 1. The van der Waals surface area contributed by atoms with E-state index in [0.29, 0.717) is 17.3 Å². The summed E-state index contributed by atoms with van der Waals surface area (Å²) in [5.74, 6) is 0.981. The van der Waals surface area contributed by atoms with Gasteiger partial charge in [0.15, 0.2) is 0 Å². The van der Waals surface area contributed by atoms with Crippen molar-refractivity contribution in [3.05, 3.63) is 24.3 Å². The predicted octanol–water partition coefficient (Wildman–Crippen LogP) is 2.38. The molecule has 0 aliphatic carbocycles. The molecule has 0 saturated carbocycles. The standard InChI is InChI=1S/C11H14ClNO2S/c1-9(14)13-10-3-5-11(6-4-10)16(15)8-2-7-12/h3-6H,2,7-8H2,1H3,(H,13,14). The van der Waals surface area contributed by atoms with E-state index in [-0.39, 0.29) is 5.91 Å². The number of hydrogen-bond donors (Lipinski definition) is 1. The molecule has 0 heterocycles. The van der Waals surface area contributed by atoms with Gasteiger partial charge in [-0.1, -0.05) is 0 Å². The predicted molar refractivity (Wildman–Crippen MR) is 67.4 cm³/mol. The smallest absolute Gasteiger partial charge is 0.221 e. The van der Waals surface area contributed by atoms with Gasteiger partial charge < -0.3 is 5.32 Å². The minimum absolute atomic E-state index is 0.115. The number of amides is 1. The molecule has 1 rings (SSSR count). The summed E-state index contributed by atoms with van der Waals surface area (Å²) in [6.07, 6.45) is 0.738. The maximum atomic E-state index is 11.7. The van der Waals surface area contributed by atoms with E-state index in [1.54, 1.807) is 24.3 Å². The van der Waals surface area contributed by atoms with Crippen LogP contribution in [0.1, 0.15) is 13.3 Å². The molecular formula is C11H14ClNO2S. The maximum Gasteiger partial charge on any atom is 0.221 e. The van der Waals surface area contributed by atoms with Crippen LogP contribution in [0.15, 0.2) is 29.2 Å². The lowest BCUT2D eigenvalue weighted by molar-refractivity contribution is -0.114. The van der Waals surface area contributed by atoms with Crippen LogP contribution >= 0.6 is 11.6 Å². The molecule has 88 valence electrons. The summed E-state index contributed by atoms with van der Waals surface area (Å²) in [6, 6.07) is 7.01. The van der Waals surface area contributed by atoms with Gasteiger partial charge in [0.2, 0.25) is 5.91 Å². The van der Waals surface area contributed by atoms with E-state index >= 15 is 0 Å². The highest BCUT2D eigenvalue weighted by atomic mass is 35.5. The van der Waals surface area contributed by atoms with Crippen LogP contribution in [0, 0.1) is 0 Å². The first-order chi connectivity index (χ1) is 7.63. The molecule has 1 unspecified atom stereocenters. The number of rotatable bonds is 5. The van der Waals surface area contributed by atoms with Gasteiger partial charge in [-0.05, 0) is 30.7 Å². The second kappa shape index (κ2) is 6.66. The zero-order valence-electron chi connectivity index (χ0n) is 9.03. The van der Waals surface area contributed by atoms with E-state index in [9.17, 15) is 9.00 Å². The number of nitrogens with one attached hydrogen (secondary N) is 1. The molecule has 5 heteroatoms. The highest BCUT2D eigenvalue weighted by Gasteiger charge is 2.03. The summed E-state index contributed by atoms with van der Waals surface area (Å²) >= 11 is 5.53. The molecule has 0 aliphatic heterocycles. The number of carbonyl (C=O) groups is 1. The molecule has 0 spiro atoms. The Hall–Kier alpha value is -0.870. The molecule has 1 atom stereocenters. The molecule has 0 aliphatic rings. The largest absolute Gasteiger partial charge is 0.326 e. The molecule has 1 aromatic rings. The molecule has 0 saturated heterocycles. The lowest BCUT2D eigenvalue weighted by atomic mass is 10.3. The van der Waals surface area contributed by atoms with Crippen molar-refractivity contribution in [2.24, 2.45) is 0 Å². The van der Waals surface area contributed by atoms with Gasteiger partial charge in [-0.25, -0.2) is 0 Å². The SMILES string of the molecule is CC(=O)Nc1ccc(S(=O)CCCCl)cc1. The summed E-state index contributed by atoms with van der Waals surface area (Å²) < 4.78 is 11.7. The molecule has 1 N–H and O–H groups in total. The quantitative estimate of drug-likeness (QED) is 0.826. The van der Waals surface area contributed by atoms with Crippen LogP contribution in [0.25, 0.3) is 0 Å². The molecule has 0 fully saturated rings. The van der Waals surface area contributed by atoms with Crippen molar-refractivity contribution < 1.29 is 9.00 Å². The third-order valence-corrected chi connectivity index (χ3v) is 3.63. The number of alkyl halides is 1. The lowest BCUT2D eigenvalue weighted by Gasteiger charge is -2.04. The molecule has 16 heavy (non-hydrogen) atoms. The summed E-state index contributed by atoms with van der Waals surface area (Å²) in [4.78, 5) is 11.6. The van der Waals surface area contributed by atoms with E-state index < -0.39 is 10.8 Å². The third-order valence-electron chi connectivity index (χ3n) is 1.90. The Morgan fingerprint density at radius 1 is 1.38 bits per heavy atom. The van der Waals surface area contributed by atoms with Gasteiger partial charge in [-0.2, -0.15) is 0 Å². The molecule has 0 bridgehead atoms. The van der Waals surface area contributed by atoms with Gasteiger partial charge in [0.25, 0.3) is 0 Å². The summed E-state index contributed by atoms with van der Waals surface area (Å²) in [5.41, 5.74) is 0.714. The first-order valence-electron chi connectivity index (χ1n) is 4.95. The zero-order valence-corrected chi connectivity index (χ0v) is 10.6. The highest BCUT2D eigenvalue weighted by Crippen LogP contribution is 2.13. The fourth-order valence-corrected chi connectivity index (χ4v) is 2.57. The fourth-order valence-electron chi connectivity index (χ4n) is 1.20. The van der Waals surface area contributed by atoms with E-state index in [0.717, 1.165) is 11.3 Å². The maximum absolute atomic E-state index is 11.7. The van der Waals surface area contributed by atoms with Gasteiger partial charge in [0.1, 0.15) is 0 Å². The first kappa shape index (κ1) is 13.2. The van der Waals surface area contributed by atoms with Crippen molar-refractivity contribution in [2.75, 3.05) is 16.9 Å². The molecular weight excluding hydrogens is 246 g/mol. The monoisotopic (exact) mass is 259 g/mol. The van der Waals surface area contributed by atoms with Gasteiger partial charge in [-0.15, -0.1) is 11.6 Å². The summed E-state index contributed by atoms with van der Waals surface area (Å²) in [5, 5.41) is 2.66. The first-order valence-corrected chi connectivity index (χ1v) is 6.81. The Morgan fingerprint density at radius 2 is 2.00 bits per heavy atom. The molecule has 0 aromatic heterocycles. The number of hydrogen-bond acceptors (Lipinski definition) is 2. The van der Waals surface area contributed by atoms with E-state index in [4.69, 9.17) is 11.6 Å². The average Bonchev–Trinajstić information content (AvgIpc) is 2.26. The van der Waals surface area contributed by atoms with Crippen LogP contribution in [0.5, 0.6) is 0 Å². The van der Waals surface area contributed by atoms with Crippen LogP contribution in [0.2, 0.25) is 0 Å². The van der Waals surface area contributed by atoms with Crippen molar-refractivity contribution in [3.63, 3.8) is 0 Å². The third kappa shape index (κ3) is 4.33. The highest BCUT2D eigenvalue weighted by molar-refractivity contribution is 7.85. The van der Waals surface area contributed by atoms with Crippen LogP contribution in [0.4, 0.5) is 5.69 Å². The van der Waals surface area contributed by atoms with Crippen molar-refractivity contribution in [1.82, 2.24) is 0 Å². The number of anilines is 1. The van der Waals surface area contributed by atoms with Crippen molar-refractivity contribution >= 4 is 34.0 Å². The number of benzene rings is 1. The minimum atomic E-state index is -1.00. The van der Waals surface area contributed by atoms with E-state index in [1.165, 1.54) is 6.92 Å². The van der Waals surface area contributed by atoms with Crippen molar-refractivity contribution in [1.29, 1.82) is 0 Å². The molecule has 0 radical (unpaired) electrons. The van der Waals surface area contributed by atoms with Crippen molar-refractivity contribution in [3.8, 4) is 0 Å². The molecule has 3 nitrogen and oxygen atoms in total. The Bertz CT molecular complexity index is 378. The Balaban J connectivity index is 2.63. The molecule has 1 amide bonds. The summed E-state index contributed by atoms with van der Waals surface area (Å²) in [7, 11) is -1.00. The topological polar surface area (TPSA) is 46.2 Å². The molecule has 1 aromatic carbocycles. The Labute approximate surface area is 103 Å². The van der Waals surface area contributed by atoms with Gasteiger partial charge >= 0.3 is 0 Å². The Morgan fingerprint density at radius 3 is 2.50 bits per heavy atom. The van der Waals surface area contributed by atoms with Gasteiger partial charge in [0, 0.05) is 29.1 Å². The number of carbonyl (C=O) groups excluding carboxylic acids is 1. The zero-order chi connectivity index (χ0) is 12.0. The lowest BCUT2D eigenvalue weighted by Crippen LogP contribution is -2.06. The second-order valence-corrected chi connectivity index (χ2v) is 5.25.